The molecule has 5 N–H and O–H groups in total. The predicted molar refractivity (Wildman–Crippen MR) is 78.6 cm³/mol. The molecule has 20 heavy (non-hydrogen) atoms. The van der Waals surface area contributed by atoms with Crippen LogP contribution in [-0.2, 0) is 14.8 Å². The number of amides is 1. The van der Waals surface area contributed by atoms with Crippen LogP contribution in [0.3, 0.4) is 0 Å². The van der Waals surface area contributed by atoms with Crippen LogP contribution in [0.4, 0.5) is 5.69 Å². The van der Waals surface area contributed by atoms with E-state index in [1.807, 2.05) is 13.8 Å². The highest BCUT2D eigenvalue weighted by Crippen LogP contribution is 2.21. The van der Waals surface area contributed by atoms with E-state index in [4.69, 9.17) is 10.9 Å². The lowest BCUT2D eigenvalue weighted by atomic mass is 9.95. The number of hydrogen-bond donors (Lipinski definition) is 3. The number of sulfonamides is 1. The lowest BCUT2D eigenvalue weighted by Gasteiger charge is -2.19. The van der Waals surface area contributed by atoms with Gasteiger partial charge in [0.15, 0.2) is 0 Å². The number of hydrogen-bond acceptors (Lipinski definition) is 4. The highest BCUT2D eigenvalue weighted by atomic mass is 32.2. The van der Waals surface area contributed by atoms with E-state index in [0.29, 0.717) is 5.69 Å². The van der Waals surface area contributed by atoms with Gasteiger partial charge in [-0.2, -0.15) is 0 Å². The van der Waals surface area contributed by atoms with Crippen molar-refractivity contribution in [3.63, 3.8) is 0 Å². The standard InChI is InChI=1S/C13H21N3O3S/c1-8(2)11(7-14)13(17)16-12-6-10(20(15,18)19)5-4-9(12)3/h4-6,8,11H,7,14H2,1-3H3,(H,16,17)(H2,15,18,19). The fourth-order valence-corrected chi connectivity index (χ4v) is 2.36. The van der Waals surface area contributed by atoms with Crippen LogP contribution in [0.1, 0.15) is 19.4 Å². The summed E-state index contributed by atoms with van der Waals surface area (Å²) in [7, 11) is -3.80. The first-order valence-corrected chi connectivity index (χ1v) is 7.85. The minimum Gasteiger partial charge on any atom is -0.330 e. The van der Waals surface area contributed by atoms with Gasteiger partial charge < -0.3 is 11.1 Å². The molecule has 0 saturated carbocycles. The minimum atomic E-state index is -3.80. The lowest BCUT2D eigenvalue weighted by Crippen LogP contribution is -2.33. The summed E-state index contributed by atoms with van der Waals surface area (Å²) in [4.78, 5) is 12.1. The largest absolute Gasteiger partial charge is 0.330 e. The molecule has 112 valence electrons. The van der Waals surface area contributed by atoms with Gasteiger partial charge in [0.2, 0.25) is 15.9 Å². The van der Waals surface area contributed by atoms with Crippen molar-refractivity contribution in [1.82, 2.24) is 0 Å². The number of primary sulfonamides is 1. The third-order valence-electron chi connectivity index (χ3n) is 3.19. The first kappa shape index (κ1) is 16.6. The van der Waals surface area contributed by atoms with E-state index in [-0.39, 0.29) is 29.2 Å². The molecule has 1 aromatic carbocycles. The molecular formula is C13H21N3O3S. The zero-order valence-electron chi connectivity index (χ0n) is 11.9. The number of rotatable bonds is 5. The van der Waals surface area contributed by atoms with Crippen molar-refractivity contribution < 1.29 is 13.2 Å². The van der Waals surface area contributed by atoms with E-state index in [1.54, 1.807) is 13.0 Å². The number of carbonyl (C=O) groups excluding carboxylic acids is 1. The molecule has 0 fully saturated rings. The number of nitrogens with two attached hydrogens (primary N) is 2. The molecule has 0 heterocycles. The second kappa shape index (κ2) is 6.34. The molecule has 0 aliphatic carbocycles. The Morgan fingerprint density at radius 3 is 2.40 bits per heavy atom. The smallest absolute Gasteiger partial charge is 0.238 e. The van der Waals surface area contributed by atoms with Crippen molar-refractivity contribution in [3.05, 3.63) is 23.8 Å². The average molecular weight is 299 g/mol. The van der Waals surface area contributed by atoms with Gasteiger partial charge in [0, 0.05) is 12.2 Å². The molecular weight excluding hydrogens is 278 g/mol. The summed E-state index contributed by atoms with van der Waals surface area (Å²) in [6, 6.07) is 4.36. The number of aryl methyl sites for hydroxylation is 1. The Morgan fingerprint density at radius 1 is 1.35 bits per heavy atom. The molecule has 1 rings (SSSR count). The second-order valence-corrected chi connectivity index (χ2v) is 6.66. The van der Waals surface area contributed by atoms with Crippen molar-refractivity contribution in [3.8, 4) is 0 Å². The van der Waals surface area contributed by atoms with Gasteiger partial charge in [0.25, 0.3) is 0 Å². The van der Waals surface area contributed by atoms with Gasteiger partial charge in [-0.1, -0.05) is 19.9 Å². The summed E-state index contributed by atoms with van der Waals surface area (Å²) < 4.78 is 22.7. The maximum atomic E-state index is 12.1. The Bertz CT molecular complexity index is 597. The molecule has 0 spiro atoms. The Kier molecular flexibility index (Phi) is 5.27. The van der Waals surface area contributed by atoms with Crippen molar-refractivity contribution in [1.29, 1.82) is 0 Å². The molecule has 1 atom stereocenters. The highest BCUT2D eigenvalue weighted by Gasteiger charge is 2.21. The summed E-state index contributed by atoms with van der Waals surface area (Å²) in [6.07, 6.45) is 0. The van der Waals surface area contributed by atoms with Crippen LogP contribution < -0.4 is 16.2 Å². The normalized spacial score (nSPS) is 13.3. The van der Waals surface area contributed by atoms with Crippen LogP contribution in [0.5, 0.6) is 0 Å². The van der Waals surface area contributed by atoms with Crippen LogP contribution in [-0.4, -0.2) is 20.9 Å². The molecule has 0 radical (unpaired) electrons. The molecule has 0 aliphatic rings. The van der Waals surface area contributed by atoms with Crippen LogP contribution in [0, 0.1) is 18.8 Å². The minimum absolute atomic E-state index is 0.0350. The number of nitrogens with one attached hydrogen (secondary N) is 1. The third kappa shape index (κ3) is 4.03. The van der Waals surface area contributed by atoms with Gasteiger partial charge in [-0.05, 0) is 30.5 Å². The Balaban J connectivity index is 3.06. The van der Waals surface area contributed by atoms with Crippen molar-refractivity contribution >= 4 is 21.6 Å². The van der Waals surface area contributed by atoms with E-state index in [1.165, 1.54) is 12.1 Å². The number of benzene rings is 1. The van der Waals surface area contributed by atoms with Crippen molar-refractivity contribution in [2.75, 3.05) is 11.9 Å². The maximum Gasteiger partial charge on any atom is 0.238 e. The Hall–Kier alpha value is -1.44. The molecule has 0 bridgehead atoms. The van der Waals surface area contributed by atoms with Gasteiger partial charge in [0.05, 0.1) is 10.8 Å². The fourth-order valence-electron chi connectivity index (χ4n) is 1.82. The van der Waals surface area contributed by atoms with E-state index in [2.05, 4.69) is 5.32 Å². The molecule has 1 aromatic rings. The van der Waals surface area contributed by atoms with Crippen LogP contribution in [0.25, 0.3) is 0 Å². The highest BCUT2D eigenvalue weighted by molar-refractivity contribution is 7.89. The van der Waals surface area contributed by atoms with Gasteiger partial charge in [-0.15, -0.1) is 0 Å². The summed E-state index contributed by atoms with van der Waals surface area (Å²) in [5, 5.41) is 7.80. The fraction of sp³-hybridized carbons (Fsp3) is 0.462. The molecule has 1 unspecified atom stereocenters. The maximum absolute atomic E-state index is 12.1. The van der Waals surface area contributed by atoms with Gasteiger partial charge in [-0.25, -0.2) is 13.6 Å². The zero-order chi connectivity index (χ0) is 15.5. The predicted octanol–water partition coefficient (Wildman–Crippen LogP) is 0.812. The number of anilines is 1. The molecule has 0 aromatic heterocycles. The molecule has 7 heteroatoms. The van der Waals surface area contributed by atoms with Crippen LogP contribution >= 0.6 is 0 Å². The molecule has 0 saturated heterocycles. The number of carbonyl (C=O) groups is 1. The molecule has 0 aliphatic heterocycles. The summed E-state index contributed by atoms with van der Waals surface area (Å²) in [5.74, 6) is -0.452. The molecule has 1 amide bonds. The second-order valence-electron chi connectivity index (χ2n) is 5.10. The quantitative estimate of drug-likeness (QED) is 0.746. The van der Waals surface area contributed by atoms with Crippen LogP contribution in [0.2, 0.25) is 0 Å². The van der Waals surface area contributed by atoms with E-state index in [9.17, 15) is 13.2 Å². The van der Waals surface area contributed by atoms with E-state index in [0.717, 1.165) is 5.56 Å². The Labute approximate surface area is 119 Å². The first-order valence-electron chi connectivity index (χ1n) is 6.31. The summed E-state index contributed by atoms with van der Waals surface area (Å²) in [5.41, 5.74) is 6.77. The molecule has 6 nitrogen and oxygen atoms in total. The summed E-state index contributed by atoms with van der Waals surface area (Å²) in [6.45, 7) is 5.82. The van der Waals surface area contributed by atoms with Gasteiger partial charge in [0.1, 0.15) is 0 Å². The van der Waals surface area contributed by atoms with Gasteiger partial charge in [-0.3, -0.25) is 4.79 Å². The van der Waals surface area contributed by atoms with Crippen molar-refractivity contribution in [2.24, 2.45) is 22.7 Å². The van der Waals surface area contributed by atoms with Crippen LogP contribution in [0.15, 0.2) is 23.1 Å². The monoisotopic (exact) mass is 299 g/mol. The SMILES string of the molecule is Cc1ccc(S(N)(=O)=O)cc1NC(=O)C(CN)C(C)C. The Morgan fingerprint density at radius 2 is 1.95 bits per heavy atom. The third-order valence-corrected chi connectivity index (χ3v) is 4.10. The van der Waals surface area contributed by atoms with E-state index < -0.39 is 10.0 Å². The zero-order valence-corrected chi connectivity index (χ0v) is 12.7. The van der Waals surface area contributed by atoms with Gasteiger partial charge >= 0.3 is 0 Å². The first-order chi connectivity index (χ1) is 9.16. The van der Waals surface area contributed by atoms with E-state index >= 15 is 0 Å². The average Bonchev–Trinajstić information content (AvgIpc) is 2.30. The topological polar surface area (TPSA) is 115 Å². The lowest BCUT2D eigenvalue weighted by molar-refractivity contribution is -0.120. The van der Waals surface area contributed by atoms with Crippen molar-refractivity contribution in [2.45, 2.75) is 25.7 Å². The summed E-state index contributed by atoms with van der Waals surface area (Å²) >= 11 is 0.